The van der Waals surface area contributed by atoms with Crippen molar-refractivity contribution in [3.05, 3.63) is 12.2 Å². The van der Waals surface area contributed by atoms with Gasteiger partial charge in [0, 0.05) is 25.0 Å². The maximum atomic E-state index is 12.4. The first-order valence-electron chi connectivity index (χ1n) is 6.42. The summed E-state index contributed by atoms with van der Waals surface area (Å²) >= 11 is 0. The van der Waals surface area contributed by atoms with E-state index in [1.807, 2.05) is 7.05 Å². The molecule has 1 saturated heterocycles. The predicted octanol–water partition coefficient (Wildman–Crippen LogP) is 1.02. The molecule has 0 spiro atoms. The summed E-state index contributed by atoms with van der Waals surface area (Å²) in [7, 11) is 1.99. The number of likely N-dealkylation sites (tertiary alicyclic amines) is 1. The fraction of sp³-hybridized carbons (Fsp3) is 0.769. The van der Waals surface area contributed by atoms with Crippen molar-refractivity contribution in [2.24, 2.45) is 17.8 Å². The SMILES string of the molecule is CNC1CCN(C(=O)C2CC3C=CC2C3)C1. The van der Waals surface area contributed by atoms with E-state index in [1.54, 1.807) is 0 Å². The minimum Gasteiger partial charge on any atom is -0.341 e. The molecule has 3 rings (SSSR count). The highest BCUT2D eigenvalue weighted by Crippen LogP contribution is 2.44. The lowest BCUT2D eigenvalue weighted by Crippen LogP contribution is -2.38. The Kier molecular flexibility index (Phi) is 2.51. The molecule has 4 unspecified atom stereocenters. The number of hydrogen-bond acceptors (Lipinski definition) is 2. The maximum Gasteiger partial charge on any atom is 0.226 e. The van der Waals surface area contributed by atoms with Crippen molar-refractivity contribution in [1.29, 1.82) is 0 Å². The van der Waals surface area contributed by atoms with Crippen LogP contribution in [-0.4, -0.2) is 37.0 Å². The van der Waals surface area contributed by atoms with Gasteiger partial charge in [0.2, 0.25) is 5.91 Å². The van der Waals surface area contributed by atoms with Gasteiger partial charge in [-0.05, 0) is 38.1 Å². The molecule has 3 nitrogen and oxygen atoms in total. The van der Waals surface area contributed by atoms with Crippen LogP contribution in [0.4, 0.5) is 0 Å². The van der Waals surface area contributed by atoms with Crippen LogP contribution in [0.25, 0.3) is 0 Å². The minimum absolute atomic E-state index is 0.297. The average molecular weight is 220 g/mol. The second-order valence-corrected chi connectivity index (χ2v) is 5.45. The van der Waals surface area contributed by atoms with Crippen LogP contribution in [0, 0.1) is 17.8 Å². The third-order valence-corrected chi connectivity index (χ3v) is 4.50. The van der Waals surface area contributed by atoms with Crippen molar-refractivity contribution in [3.8, 4) is 0 Å². The van der Waals surface area contributed by atoms with Crippen molar-refractivity contribution in [1.82, 2.24) is 10.2 Å². The number of allylic oxidation sites excluding steroid dienone is 2. The third-order valence-electron chi connectivity index (χ3n) is 4.50. The predicted molar refractivity (Wildman–Crippen MR) is 62.9 cm³/mol. The first-order valence-corrected chi connectivity index (χ1v) is 6.42. The Bertz CT molecular complexity index is 326. The Morgan fingerprint density at radius 1 is 1.38 bits per heavy atom. The summed E-state index contributed by atoms with van der Waals surface area (Å²) in [6.07, 6.45) is 8.00. The van der Waals surface area contributed by atoms with E-state index in [2.05, 4.69) is 22.4 Å². The minimum atomic E-state index is 0.297. The van der Waals surface area contributed by atoms with Gasteiger partial charge in [-0.25, -0.2) is 0 Å². The molecule has 3 aliphatic rings. The first kappa shape index (κ1) is 10.3. The van der Waals surface area contributed by atoms with E-state index in [4.69, 9.17) is 0 Å². The van der Waals surface area contributed by atoms with Crippen LogP contribution >= 0.6 is 0 Å². The first-order chi connectivity index (χ1) is 7.78. The van der Waals surface area contributed by atoms with E-state index in [1.165, 1.54) is 6.42 Å². The topological polar surface area (TPSA) is 32.3 Å². The van der Waals surface area contributed by atoms with Gasteiger partial charge in [0.15, 0.2) is 0 Å². The molecule has 16 heavy (non-hydrogen) atoms. The zero-order valence-corrected chi connectivity index (χ0v) is 9.86. The van der Waals surface area contributed by atoms with Gasteiger partial charge in [-0.1, -0.05) is 12.2 Å². The highest BCUT2D eigenvalue weighted by molar-refractivity contribution is 5.80. The number of likely N-dealkylation sites (N-methyl/N-ethyl adjacent to an activating group) is 1. The molecule has 2 fully saturated rings. The number of nitrogens with one attached hydrogen (secondary N) is 1. The molecule has 0 radical (unpaired) electrons. The van der Waals surface area contributed by atoms with Gasteiger partial charge in [0.25, 0.3) is 0 Å². The average Bonchev–Trinajstić information content (AvgIpc) is 3.03. The van der Waals surface area contributed by atoms with Gasteiger partial charge in [-0.15, -0.1) is 0 Å². The lowest BCUT2D eigenvalue weighted by Gasteiger charge is -2.24. The normalized spacial score (nSPS) is 40.9. The molecule has 0 aromatic carbocycles. The lowest BCUT2D eigenvalue weighted by atomic mass is 9.92. The Hall–Kier alpha value is -0.830. The van der Waals surface area contributed by atoms with Crippen molar-refractivity contribution < 1.29 is 4.79 Å². The summed E-state index contributed by atoms with van der Waals surface area (Å²) in [6, 6.07) is 0.512. The quantitative estimate of drug-likeness (QED) is 0.705. The molecule has 0 aromatic rings. The second-order valence-electron chi connectivity index (χ2n) is 5.45. The van der Waals surface area contributed by atoms with E-state index in [-0.39, 0.29) is 0 Å². The van der Waals surface area contributed by atoms with Gasteiger partial charge < -0.3 is 10.2 Å². The van der Waals surface area contributed by atoms with E-state index in [9.17, 15) is 4.79 Å². The maximum absolute atomic E-state index is 12.4. The zero-order chi connectivity index (χ0) is 11.1. The lowest BCUT2D eigenvalue weighted by molar-refractivity contribution is -0.135. The summed E-state index contributed by atoms with van der Waals surface area (Å²) < 4.78 is 0. The molecule has 1 heterocycles. The Morgan fingerprint density at radius 2 is 2.25 bits per heavy atom. The van der Waals surface area contributed by atoms with Crippen LogP contribution < -0.4 is 5.32 Å². The molecule has 1 aliphatic heterocycles. The van der Waals surface area contributed by atoms with Crippen LogP contribution in [0.15, 0.2) is 12.2 Å². The number of hydrogen-bond donors (Lipinski definition) is 1. The smallest absolute Gasteiger partial charge is 0.226 e. The molecule has 2 aliphatic carbocycles. The van der Waals surface area contributed by atoms with Crippen LogP contribution in [0.5, 0.6) is 0 Å². The van der Waals surface area contributed by atoms with Gasteiger partial charge in [-0.3, -0.25) is 4.79 Å². The molecular formula is C13H20N2O. The van der Waals surface area contributed by atoms with E-state index in [0.29, 0.717) is 29.7 Å². The van der Waals surface area contributed by atoms with E-state index < -0.39 is 0 Å². The number of amides is 1. The summed E-state index contributed by atoms with van der Waals surface area (Å²) in [5.41, 5.74) is 0. The fourth-order valence-electron chi connectivity index (χ4n) is 3.50. The standard InChI is InChI=1S/C13H20N2O/c1-14-11-4-5-15(8-11)13(16)12-7-9-2-3-10(12)6-9/h2-3,9-12,14H,4-8H2,1H3. The summed E-state index contributed by atoms with van der Waals surface area (Å²) in [5, 5.41) is 3.27. The molecule has 4 atom stereocenters. The van der Waals surface area contributed by atoms with Crippen molar-refractivity contribution in [2.75, 3.05) is 20.1 Å². The molecule has 1 amide bonds. The Balaban J connectivity index is 1.64. The van der Waals surface area contributed by atoms with Crippen molar-refractivity contribution >= 4 is 5.91 Å². The Labute approximate surface area is 96.9 Å². The Morgan fingerprint density at radius 3 is 2.81 bits per heavy atom. The second kappa shape index (κ2) is 3.88. The molecular weight excluding hydrogens is 200 g/mol. The number of rotatable bonds is 2. The van der Waals surface area contributed by atoms with Gasteiger partial charge in [0.1, 0.15) is 0 Å². The van der Waals surface area contributed by atoms with Gasteiger partial charge in [-0.2, -0.15) is 0 Å². The number of nitrogens with zero attached hydrogens (tertiary/aromatic N) is 1. The molecule has 2 bridgehead atoms. The molecule has 3 heteroatoms. The van der Waals surface area contributed by atoms with Crippen molar-refractivity contribution in [3.63, 3.8) is 0 Å². The number of carbonyl (C=O) groups is 1. The van der Waals surface area contributed by atoms with E-state index in [0.717, 1.165) is 25.9 Å². The summed E-state index contributed by atoms with van der Waals surface area (Å²) in [5.74, 6) is 1.95. The number of carbonyl (C=O) groups excluding carboxylic acids is 1. The van der Waals surface area contributed by atoms with Crippen LogP contribution in [0.3, 0.4) is 0 Å². The van der Waals surface area contributed by atoms with E-state index >= 15 is 0 Å². The molecule has 1 saturated carbocycles. The highest BCUT2D eigenvalue weighted by Gasteiger charge is 2.42. The molecule has 88 valence electrons. The zero-order valence-electron chi connectivity index (χ0n) is 9.86. The monoisotopic (exact) mass is 220 g/mol. The van der Waals surface area contributed by atoms with Crippen LogP contribution in [0.1, 0.15) is 19.3 Å². The van der Waals surface area contributed by atoms with Crippen LogP contribution in [-0.2, 0) is 4.79 Å². The summed E-state index contributed by atoms with van der Waals surface area (Å²) in [6.45, 7) is 1.86. The number of fused-ring (bicyclic) bond motifs is 2. The summed E-state index contributed by atoms with van der Waals surface area (Å²) in [4.78, 5) is 14.4. The van der Waals surface area contributed by atoms with Crippen LogP contribution in [0.2, 0.25) is 0 Å². The molecule has 1 N–H and O–H groups in total. The highest BCUT2D eigenvalue weighted by atomic mass is 16.2. The van der Waals surface area contributed by atoms with Gasteiger partial charge in [0.05, 0.1) is 0 Å². The fourth-order valence-corrected chi connectivity index (χ4v) is 3.50. The molecule has 0 aromatic heterocycles. The van der Waals surface area contributed by atoms with Gasteiger partial charge >= 0.3 is 0 Å². The third kappa shape index (κ3) is 1.58. The largest absolute Gasteiger partial charge is 0.341 e. The van der Waals surface area contributed by atoms with Crippen molar-refractivity contribution in [2.45, 2.75) is 25.3 Å².